The molecular weight excluding hydrogens is 279 g/mol. The van der Waals surface area contributed by atoms with E-state index in [4.69, 9.17) is 9.57 Å². The summed E-state index contributed by atoms with van der Waals surface area (Å²) in [4.78, 5) is 16.8. The number of alkyl halides is 3. The van der Waals surface area contributed by atoms with Gasteiger partial charge in [-0.05, 0) is 27.2 Å². The normalized spacial score (nSPS) is 13.4. The molecule has 120 valence electrons. The van der Waals surface area contributed by atoms with Crippen LogP contribution in [0, 0.1) is 0 Å². The number of amides is 1. The van der Waals surface area contributed by atoms with Crippen molar-refractivity contribution in [3.8, 4) is 0 Å². The Balaban J connectivity index is 4.12. The van der Waals surface area contributed by atoms with Gasteiger partial charge in [0.2, 0.25) is 0 Å². The van der Waals surface area contributed by atoms with Crippen LogP contribution in [-0.2, 0) is 14.3 Å². The highest BCUT2D eigenvalue weighted by Gasteiger charge is 2.23. The molecule has 0 rings (SSSR count). The van der Waals surface area contributed by atoms with E-state index in [0.717, 1.165) is 5.06 Å². The molecule has 1 amide bonds. The van der Waals surface area contributed by atoms with E-state index in [1.807, 2.05) is 6.92 Å². The number of carbonyl (C=O) groups is 1. The monoisotopic (exact) mass is 301 g/mol. The molecule has 0 fully saturated rings. The van der Waals surface area contributed by atoms with Gasteiger partial charge >= 0.3 is 6.09 Å². The molecule has 8 heteroatoms. The molecule has 0 aromatic heterocycles. The predicted molar refractivity (Wildman–Crippen MR) is 66.0 cm³/mol. The van der Waals surface area contributed by atoms with E-state index in [-0.39, 0.29) is 13.2 Å². The maximum absolute atomic E-state index is 12.4. The summed E-state index contributed by atoms with van der Waals surface area (Å²) in [6.07, 6.45) is -5.93. The van der Waals surface area contributed by atoms with Gasteiger partial charge in [-0.25, -0.2) is 18.0 Å². The smallest absolute Gasteiger partial charge is 0.434 e. The second-order valence-corrected chi connectivity index (χ2v) is 4.97. The van der Waals surface area contributed by atoms with Crippen molar-refractivity contribution >= 4 is 6.09 Å². The van der Waals surface area contributed by atoms with Crippen LogP contribution in [-0.4, -0.2) is 49.3 Å². The van der Waals surface area contributed by atoms with Crippen molar-refractivity contribution in [2.24, 2.45) is 0 Å². The van der Waals surface area contributed by atoms with Crippen molar-refractivity contribution in [3.63, 3.8) is 0 Å². The zero-order chi connectivity index (χ0) is 15.8. The van der Waals surface area contributed by atoms with Crippen LogP contribution < -0.4 is 0 Å². The highest BCUT2D eigenvalue weighted by Crippen LogP contribution is 2.11. The van der Waals surface area contributed by atoms with Crippen molar-refractivity contribution in [3.05, 3.63) is 0 Å². The summed E-state index contributed by atoms with van der Waals surface area (Å²) in [6.45, 7) is 6.58. The highest BCUT2D eigenvalue weighted by atomic mass is 19.3. The third-order valence-electron chi connectivity index (χ3n) is 1.83. The van der Waals surface area contributed by atoms with Gasteiger partial charge in [-0.2, -0.15) is 5.06 Å². The Labute approximate surface area is 116 Å². The molecule has 0 aromatic carbocycles. The molecule has 5 nitrogen and oxygen atoms in total. The topological polar surface area (TPSA) is 48.0 Å². The van der Waals surface area contributed by atoms with Crippen LogP contribution in [0.5, 0.6) is 0 Å². The molecule has 0 N–H and O–H groups in total. The lowest BCUT2D eigenvalue weighted by Gasteiger charge is -2.26. The van der Waals surface area contributed by atoms with Gasteiger partial charge in [0.15, 0.2) is 0 Å². The summed E-state index contributed by atoms with van der Waals surface area (Å²) in [7, 11) is 0. The minimum absolute atomic E-state index is 0.230. The number of hydrogen-bond acceptors (Lipinski definition) is 4. The van der Waals surface area contributed by atoms with Gasteiger partial charge in [-0.15, -0.1) is 0 Å². The fourth-order valence-electron chi connectivity index (χ4n) is 1.11. The molecule has 0 aromatic rings. The minimum Gasteiger partial charge on any atom is -0.442 e. The zero-order valence-corrected chi connectivity index (χ0v) is 12.2. The third kappa shape index (κ3) is 8.98. The molecule has 0 aliphatic heterocycles. The van der Waals surface area contributed by atoms with Crippen molar-refractivity contribution in [2.75, 3.05) is 19.8 Å². The van der Waals surface area contributed by atoms with Crippen LogP contribution in [0.3, 0.4) is 0 Å². The van der Waals surface area contributed by atoms with E-state index in [0.29, 0.717) is 6.42 Å². The van der Waals surface area contributed by atoms with E-state index < -0.39 is 31.1 Å². The van der Waals surface area contributed by atoms with Gasteiger partial charge < -0.3 is 9.47 Å². The summed E-state index contributed by atoms with van der Waals surface area (Å²) < 4.78 is 45.4. The fraction of sp³-hybridized carbons (Fsp3) is 0.917. The van der Waals surface area contributed by atoms with Gasteiger partial charge in [-0.3, -0.25) is 4.84 Å². The third-order valence-corrected chi connectivity index (χ3v) is 1.83. The highest BCUT2D eigenvalue weighted by molar-refractivity contribution is 5.66. The Morgan fingerprint density at radius 2 is 1.80 bits per heavy atom. The van der Waals surface area contributed by atoms with Gasteiger partial charge in [0.1, 0.15) is 5.60 Å². The summed E-state index contributed by atoms with van der Waals surface area (Å²) in [5.41, 5.74) is -0.678. The maximum atomic E-state index is 12.4. The number of halogens is 3. The Kier molecular flexibility index (Phi) is 8.56. The molecule has 20 heavy (non-hydrogen) atoms. The maximum Gasteiger partial charge on any atom is 0.434 e. The van der Waals surface area contributed by atoms with Gasteiger partial charge in [0.05, 0.1) is 19.8 Å². The Bertz CT molecular complexity index is 284. The molecule has 0 saturated heterocycles. The quantitative estimate of drug-likeness (QED) is 0.510. The first-order valence-electron chi connectivity index (χ1n) is 6.34. The van der Waals surface area contributed by atoms with Gasteiger partial charge in [0.25, 0.3) is 12.8 Å². The Morgan fingerprint density at radius 3 is 2.25 bits per heavy atom. The van der Waals surface area contributed by atoms with Crippen molar-refractivity contribution in [2.45, 2.75) is 52.5 Å². The number of rotatable bonds is 8. The molecular formula is C12H22F3NO4. The summed E-state index contributed by atoms with van der Waals surface area (Å²) in [5, 5.41) is 0.963. The van der Waals surface area contributed by atoms with Crippen LogP contribution in [0.4, 0.5) is 18.0 Å². The number of carbonyl (C=O) groups excluding carboxylic acids is 1. The standard InChI is InChI=1S/C12H22F3NO4/c1-5-6-16(11(17)20-12(2,3)4)19-8-7-18-10(15)9(13)14/h9-10H,5-8H2,1-4H3. The second-order valence-electron chi connectivity index (χ2n) is 4.97. The summed E-state index contributed by atoms with van der Waals surface area (Å²) >= 11 is 0. The molecule has 0 aliphatic carbocycles. The summed E-state index contributed by atoms with van der Waals surface area (Å²) in [5.74, 6) is 0. The Morgan fingerprint density at radius 1 is 1.20 bits per heavy atom. The van der Waals surface area contributed by atoms with Crippen LogP contribution in [0.2, 0.25) is 0 Å². The lowest BCUT2D eigenvalue weighted by atomic mass is 10.2. The Hall–Kier alpha value is -1.02. The molecule has 1 atom stereocenters. The van der Waals surface area contributed by atoms with Crippen LogP contribution in [0.25, 0.3) is 0 Å². The van der Waals surface area contributed by atoms with E-state index in [2.05, 4.69) is 4.74 Å². The van der Waals surface area contributed by atoms with Crippen molar-refractivity contribution in [1.29, 1.82) is 0 Å². The van der Waals surface area contributed by atoms with E-state index in [1.165, 1.54) is 0 Å². The molecule has 0 saturated carbocycles. The van der Waals surface area contributed by atoms with Crippen LogP contribution in [0.15, 0.2) is 0 Å². The number of nitrogens with zero attached hydrogens (tertiary/aromatic N) is 1. The lowest BCUT2D eigenvalue weighted by molar-refractivity contribution is -0.182. The molecule has 0 heterocycles. The SMILES string of the molecule is CCCN(OCCOC(F)C(F)F)C(=O)OC(C)(C)C. The molecule has 0 aliphatic rings. The first kappa shape index (κ1) is 19.0. The fourth-order valence-corrected chi connectivity index (χ4v) is 1.11. The molecule has 0 bridgehead atoms. The van der Waals surface area contributed by atoms with Crippen molar-refractivity contribution < 1.29 is 32.3 Å². The van der Waals surface area contributed by atoms with Crippen LogP contribution in [0.1, 0.15) is 34.1 Å². The van der Waals surface area contributed by atoms with Gasteiger partial charge in [0, 0.05) is 0 Å². The minimum atomic E-state index is -3.20. The van der Waals surface area contributed by atoms with E-state index in [9.17, 15) is 18.0 Å². The average Bonchev–Trinajstić information content (AvgIpc) is 2.30. The van der Waals surface area contributed by atoms with E-state index >= 15 is 0 Å². The first-order valence-corrected chi connectivity index (χ1v) is 6.34. The largest absolute Gasteiger partial charge is 0.442 e. The number of hydroxylamine groups is 2. The summed E-state index contributed by atoms with van der Waals surface area (Å²) in [6, 6.07) is 0. The predicted octanol–water partition coefficient (Wildman–Crippen LogP) is 3.14. The number of hydrogen-bond donors (Lipinski definition) is 0. The number of ether oxygens (including phenoxy) is 2. The van der Waals surface area contributed by atoms with E-state index in [1.54, 1.807) is 20.8 Å². The average molecular weight is 301 g/mol. The molecule has 0 spiro atoms. The van der Waals surface area contributed by atoms with Crippen LogP contribution >= 0.6 is 0 Å². The first-order chi connectivity index (χ1) is 9.17. The molecule has 0 radical (unpaired) electrons. The van der Waals surface area contributed by atoms with Gasteiger partial charge in [-0.1, -0.05) is 6.92 Å². The molecule has 1 unspecified atom stereocenters. The zero-order valence-electron chi connectivity index (χ0n) is 12.2. The second kappa shape index (κ2) is 9.02. The van der Waals surface area contributed by atoms with Crippen molar-refractivity contribution in [1.82, 2.24) is 5.06 Å². The lowest BCUT2D eigenvalue weighted by Crippen LogP contribution is -2.38.